The Hall–Kier alpha value is -0.330. The summed E-state index contributed by atoms with van der Waals surface area (Å²) >= 11 is 3.46. The maximum Gasteiger partial charge on any atom is 0.0855 e. The van der Waals surface area contributed by atoms with Gasteiger partial charge in [0.1, 0.15) is 0 Å². The summed E-state index contributed by atoms with van der Waals surface area (Å²) in [5, 5.41) is 0. The Morgan fingerprint density at radius 1 is 1.36 bits per heavy atom. The Morgan fingerprint density at radius 2 is 2.00 bits per heavy atom. The van der Waals surface area contributed by atoms with Gasteiger partial charge in [0, 0.05) is 10.6 Å². The second-order valence-corrected chi connectivity index (χ2v) is 8.05. The van der Waals surface area contributed by atoms with Gasteiger partial charge < -0.3 is 4.57 Å². The highest BCUT2D eigenvalue weighted by Gasteiger charge is 2.02. The van der Waals surface area contributed by atoms with Crippen LogP contribution in [0.5, 0.6) is 0 Å². The molecule has 0 saturated carbocycles. The van der Waals surface area contributed by atoms with Crippen LogP contribution in [-0.4, -0.2) is 19.5 Å². The molecule has 0 aliphatic heterocycles. The predicted molar refractivity (Wildman–Crippen MR) is 67.5 cm³/mol. The molecule has 0 aliphatic carbocycles. The molecule has 0 atom stereocenters. The van der Waals surface area contributed by atoms with Crippen LogP contribution in [0.15, 0.2) is 34.8 Å². The third-order valence-electron chi connectivity index (χ3n) is 1.75. The van der Waals surface area contributed by atoms with Gasteiger partial charge in [0.2, 0.25) is 0 Å². The van der Waals surface area contributed by atoms with E-state index in [9.17, 15) is 4.57 Å². The van der Waals surface area contributed by atoms with Gasteiger partial charge in [-0.15, -0.1) is 0 Å². The summed E-state index contributed by atoms with van der Waals surface area (Å²) in [4.78, 5) is 0. The fourth-order valence-corrected chi connectivity index (χ4v) is 2.07. The van der Waals surface area contributed by atoms with Gasteiger partial charge >= 0.3 is 0 Å². The first-order valence-corrected chi connectivity index (χ1v) is 8.02. The second-order valence-electron chi connectivity index (χ2n) is 3.68. The molecule has 0 heterocycles. The van der Waals surface area contributed by atoms with Gasteiger partial charge in [0.15, 0.2) is 0 Å². The number of benzene rings is 1. The van der Waals surface area contributed by atoms with Crippen molar-refractivity contribution < 1.29 is 4.57 Å². The molecule has 0 aromatic heterocycles. The first-order valence-electron chi connectivity index (χ1n) is 4.44. The zero-order valence-electron chi connectivity index (χ0n) is 8.40. The number of halogens is 1. The maximum absolute atomic E-state index is 11.4. The lowest BCUT2D eigenvalue weighted by atomic mass is 10.2. The van der Waals surface area contributed by atoms with Gasteiger partial charge in [-0.05, 0) is 25.0 Å². The molecule has 76 valence electrons. The van der Waals surface area contributed by atoms with E-state index in [4.69, 9.17) is 0 Å². The van der Waals surface area contributed by atoms with E-state index in [1.165, 1.54) is 0 Å². The van der Waals surface area contributed by atoms with Gasteiger partial charge in [0.05, 0.1) is 7.14 Å². The minimum atomic E-state index is -1.92. The molecule has 1 aromatic rings. The van der Waals surface area contributed by atoms with Crippen molar-refractivity contribution in [3.8, 4) is 0 Å². The van der Waals surface area contributed by atoms with Crippen molar-refractivity contribution in [2.45, 2.75) is 0 Å². The summed E-state index contributed by atoms with van der Waals surface area (Å²) in [6, 6.07) is 7.99. The Morgan fingerprint density at radius 3 is 2.57 bits per heavy atom. The van der Waals surface area contributed by atoms with Gasteiger partial charge in [0.25, 0.3) is 0 Å². The van der Waals surface area contributed by atoms with Crippen LogP contribution in [0, 0.1) is 0 Å². The van der Waals surface area contributed by atoms with Crippen molar-refractivity contribution in [3.05, 3.63) is 40.4 Å². The molecule has 0 spiro atoms. The number of rotatable bonds is 3. The van der Waals surface area contributed by atoms with Crippen molar-refractivity contribution in [2.24, 2.45) is 0 Å². The Labute approximate surface area is 93.7 Å². The molecule has 0 bridgehead atoms. The van der Waals surface area contributed by atoms with Crippen LogP contribution >= 0.6 is 23.1 Å². The minimum Gasteiger partial charge on any atom is -0.324 e. The minimum absolute atomic E-state index is 0.661. The van der Waals surface area contributed by atoms with Crippen molar-refractivity contribution in [2.75, 3.05) is 19.5 Å². The standard InChI is InChI=1S/C11H14BrOP/c1-14(2,13)9-5-7-10-6-3-4-8-11(10)12/h3-8H,9H2,1-2H3/b7-5+. The topological polar surface area (TPSA) is 17.1 Å². The third-order valence-corrected chi connectivity index (χ3v) is 3.56. The van der Waals surface area contributed by atoms with Gasteiger partial charge in [-0.25, -0.2) is 0 Å². The van der Waals surface area contributed by atoms with Crippen LogP contribution < -0.4 is 0 Å². The highest BCUT2D eigenvalue weighted by molar-refractivity contribution is 9.10. The molecule has 0 N–H and O–H groups in total. The second kappa shape index (κ2) is 4.95. The molecule has 0 aliphatic rings. The van der Waals surface area contributed by atoms with Crippen LogP contribution in [0.3, 0.4) is 0 Å². The fraction of sp³-hybridized carbons (Fsp3) is 0.273. The largest absolute Gasteiger partial charge is 0.324 e. The van der Waals surface area contributed by atoms with Crippen molar-refractivity contribution >= 4 is 29.1 Å². The maximum atomic E-state index is 11.4. The summed E-state index contributed by atoms with van der Waals surface area (Å²) < 4.78 is 12.5. The lowest BCUT2D eigenvalue weighted by Gasteiger charge is -2.01. The van der Waals surface area contributed by atoms with Crippen LogP contribution in [0.2, 0.25) is 0 Å². The van der Waals surface area contributed by atoms with E-state index in [1.807, 2.05) is 36.4 Å². The van der Waals surface area contributed by atoms with Crippen molar-refractivity contribution in [1.82, 2.24) is 0 Å². The van der Waals surface area contributed by atoms with Crippen LogP contribution in [0.1, 0.15) is 5.56 Å². The molecule has 0 amide bonds. The quantitative estimate of drug-likeness (QED) is 0.758. The van der Waals surface area contributed by atoms with Crippen molar-refractivity contribution in [1.29, 1.82) is 0 Å². The summed E-state index contributed by atoms with van der Waals surface area (Å²) in [5.74, 6) is 0. The first-order chi connectivity index (χ1) is 6.49. The average molecular weight is 273 g/mol. The van der Waals surface area contributed by atoms with E-state index in [0.29, 0.717) is 6.16 Å². The normalized spacial score (nSPS) is 12.2. The lowest BCUT2D eigenvalue weighted by Crippen LogP contribution is -1.80. The van der Waals surface area contributed by atoms with Crippen LogP contribution in [0.25, 0.3) is 6.08 Å². The molecule has 0 saturated heterocycles. The molecular weight excluding hydrogens is 259 g/mol. The van der Waals surface area contributed by atoms with Crippen molar-refractivity contribution in [3.63, 3.8) is 0 Å². The molecule has 0 radical (unpaired) electrons. The van der Waals surface area contributed by atoms with E-state index in [0.717, 1.165) is 10.0 Å². The van der Waals surface area contributed by atoms with Crippen LogP contribution in [-0.2, 0) is 4.57 Å². The fourth-order valence-electron chi connectivity index (χ4n) is 1.04. The van der Waals surface area contributed by atoms with Gasteiger partial charge in [-0.1, -0.05) is 46.3 Å². The number of hydrogen-bond acceptors (Lipinski definition) is 1. The van der Waals surface area contributed by atoms with Crippen LogP contribution in [0.4, 0.5) is 0 Å². The highest BCUT2D eigenvalue weighted by Crippen LogP contribution is 2.35. The van der Waals surface area contributed by atoms with E-state index in [1.54, 1.807) is 13.3 Å². The Bertz CT molecular complexity index is 379. The van der Waals surface area contributed by atoms with E-state index < -0.39 is 7.14 Å². The third kappa shape index (κ3) is 4.26. The molecule has 0 fully saturated rings. The molecule has 1 nitrogen and oxygen atoms in total. The molecule has 3 heteroatoms. The Balaban J connectivity index is 2.70. The Kier molecular flexibility index (Phi) is 4.15. The van der Waals surface area contributed by atoms with Gasteiger partial charge in [-0.2, -0.15) is 0 Å². The monoisotopic (exact) mass is 272 g/mol. The summed E-state index contributed by atoms with van der Waals surface area (Å²) in [7, 11) is -1.92. The van der Waals surface area contributed by atoms with E-state index >= 15 is 0 Å². The number of allylic oxidation sites excluding steroid dienone is 1. The first kappa shape index (κ1) is 11.7. The molecular formula is C11H14BrOP. The summed E-state index contributed by atoms with van der Waals surface area (Å²) in [6.07, 6.45) is 4.64. The molecule has 0 unspecified atom stereocenters. The molecule has 1 aromatic carbocycles. The zero-order chi connectivity index (χ0) is 10.6. The molecule has 1 rings (SSSR count). The summed E-state index contributed by atoms with van der Waals surface area (Å²) in [5.41, 5.74) is 1.13. The zero-order valence-corrected chi connectivity index (χ0v) is 10.9. The highest BCUT2D eigenvalue weighted by atomic mass is 79.9. The summed E-state index contributed by atoms with van der Waals surface area (Å²) in [6.45, 7) is 3.61. The number of hydrogen-bond donors (Lipinski definition) is 0. The average Bonchev–Trinajstić information content (AvgIpc) is 2.06. The van der Waals surface area contributed by atoms with Gasteiger partial charge in [-0.3, -0.25) is 0 Å². The smallest absolute Gasteiger partial charge is 0.0855 e. The van der Waals surface area contributed by atoms with E-state index in [-0.39, 0.29) is 0 Å². The predicted octanol–water partition coefficient (Wildman–Crippen LogP) is 4.09. The molecule has 14 heavy (non-hydrogen) atoms. The SMILES string of the molecule is CP(C)(=O)C/C=C/c1ccccc1Br. The lowest BCUT2D eigenvalue weighted by molar-refractivity contribution is 0.584. The van der Waals surface area contributed by atoms with E-state index in [2.05, 4.69) is 15.9 Å².